The van der Waals surface area contributed by atoms with Gasteiger partial charge in [-0.25, -0.2) is 0 Å². The molecule has 0 aliphatic carbocycles. The molecule has 0 unspecified atom stereocenters. The summed E-state index contributed by atoms with van der Waals surface area (Å²) in [5.74, 6) is 0. The molecule has 0 heteroatoms. The lowest BCUT2D eigenvalue weighted by molar-refractivity contribution is 0.398. The van der Waals surface area contributed by atoms with Gasteiger partial charge in [-0.2, -0.15) is 0 Å². The predicted molar refractivity (Wildman–Crippen MR) is 75.1 cm³/mol. The van der Waals surface area contributed by atoms with E-state index in [1.54, 1.807) is 0 Å². The molecule has 0 fully saturated rings. The fourth-order valence-corrected chi connectivity index (χ4v) is 0. The maximum atomic E-state index is 2.24. The highest BCUT2D eigenvalue weighted by Gasteiger charge is 2.03. The van der Waals surface area contributed by atoms with Crippen LogP contribution < -0.4 is 0 Å². The van der Waals surface area contributed by atoms with E-state index in [0.717, 1.165) is 0 Å². The van der Waals surface area contributed by atoms with Crippen LogP contribution in [0.3, 0.4) is 0 Å². The van der Waals surface area contributed by atoms with E-state index in [2.05, 4.69) is 27.7 Å². The molecule has 0 atom stereocenters. The van der Waals surface area contributed by atoms with E-state index in [1.807, 2.05) is 55.4 Å². The van der Waals surface area contributed by atoms with Crippen LogP contribution in [0.5, 0.6) is 0 Å². The molecule has 94 valence electrons. The van der Waals surface area contributed by atoms with Crippen molar-refractivity contribution >= 4 is 0 Å². The fourth-order valence-electron chi connectivity index (χ4n) is 0. The Bertz CT molecular complexity index is 29.8. The molecule has 0 radical (unpaired) electrons. The average Bonchev–Trinajstić information content (AvgIpc) is 2.28. The van der Waals surface area contributed by atoms with Gasteiger partial charge in [0, 0.05) is 0 Å². The van der Waals surface area contributed by atoms with Gasteiger partial charge >= 0.3 is 0 Å². The van der Waals surface area contributed by atoms with Crippen LogP contribution in [0.15, 0.2) is 0 Å². The Labute approximate surface area is 95.5 Å². The third-order valence-electron chi connectivity index (χ3n) is 1.06. The molecule has 0 saturated heterocycles. The third kappa shape index (κ3) is 161. The van der Waals surface area contributed by atoms with E-state index in [0.29, 0.717) is 5.41 Å². The van der Waals surface area contributed by atoms with Crippen LogP contribution in [0.4, 0.5) is 0 Å². The Balaban J connectivity index is -0.0000000287. The minimum atomic E-state index is 0.542. The lowest BCUT2D eigenvalue weighted by Gasteiger charge is -2.12. The summed E-state index contributed by atoms with van der Waals surface area (Å²) >= 11 is 0. The van der Waals surface area contributed by atoms with Crippen molar-refractivity contribution in [3.63, 3.8) is 0 Å². The second-order valence-corrected chi connectivity index (χ2v) is 2.91. The maximum absolute atomic E-state index is 2.24. The molecule has 0 heterocycles. The minimum absolute atomic E-state index is 0.542. The van der Waals surface area contributed by atoms with Crippen molar-refractivity contribution in [2.75, 3.05) is 0 Å². The summed E-state index contributed by atoms with van der Waals surface area (Å²) in [4.78, 5) is 0. The molecule has 0 aliphatic heterocycles. The van der Waals surface area contributed by atoms with Gasteiger partial charge in [0.2, 0.25) is 0 Å². The van der Waals surface area contributed by atoms with Crippen molar-refractivity contribution in [3.05, 3.63) is 0 Å². The normalized spacial score (nSPS) is 6.86. The quantitative estimate of drug-likeness (QED) is 0.422. The Morgan fingerprint density at radius 2 is 0.643 bits per heavy atom. The van der Waals surface area contributed by atoms with Gasteiger partial charge in [0.05, 0.1) is 0 Å². The molecule has 0 nitrogen and oxygen atoms in total. The highest BCUT2D eigenvalue weighted by molar-refractivity contribution is 4.55. The minimum Gasteiger partial charge on any atom is -0.0683 e. The van der Waals surface area contributed by atoms with Gasteiger partial charge in [0.15, 0.2) is 0 Å². The van der Waals surface area contributed by atoms with Gasteiger partial charge < -0.3 is 0 Å². The van der Waals surface area contributed by atoms with Gasteiger partial charge in [0.1, 0.15) is 0 Å². The molecule has 0 aromatic heterocycles. The van der Waals surface area contributed by atoms with Crippen molar-refractivity contribution < 1.29 is 0 Å². The largest absolute Gasteiger partial charge is 0.0683 e. The molecule has 0 amide bonds. The molecule has 0 N–H and O–H groups in total. The van der Waals surface area contributed by atoms with Crippen LogP contribution in [-0.2, 0) is 0 Å². The molecule has 0 bridgehead atoms. The summed E-state index contributed by atoms with van der Waals surface area (Å²) < 4.78 is 0. The van der Waals surface area contributed by atoms with E-state index in [4.69, 9.17) is 0 Å². The Kier molecular flexibility index (Phi) is 79.7. The first-order valence-electron chi connectivity index (χ1n) is 6.56. The first kappa shape index (κ1) is 29.2. The number of rotatable bonds is 0. The van der Waals surface area contributed by atoms with E-state index in [1.165, 1.54) is 6.42 Å². The van der Waals surface area contributed by atoms with Crippen LogP contribution in [0, 0.1) is 5.41 Å². The standard InChI is InChI=1S/C6H14.4C2H6/c1-5-6(2,3)4;4*1-2/h5H2,1-4H3;4*1-2H3. The smallest absolute Gasteiger partial charge is 0.0385 e. The summed E-state index contributed by atoms with van der Waals surface area (Å²) in [6.45, 7) is 24.9. The van der Waals surface area contributed by atoms with E-state index >= 15 is 0 Å². The summed E-state index contributed by atoms with van der Waals surface area (Å²) in [7, 11) is 0. The summed E-state index contributed by atoms with van der Waals surface area (Å²) in [5, 5.41) is 0. The average molecular weight is 206 g/mol. The molecule has 0 saturated carbocycles. The van der Waals surface area contributed by atoms with E-state index in [-0.39, 0.29) is 0 Å². The molecule has 0 rings (SSSR count). The summed E-state index contributed by atoms with van der Waals surface area (Å²) in [5.41, 5.74) is 0.542. The predicted octanol–water partition coefficient (Wildman–Crippen LogP) is 6.55. The monoisotopic (exact) mass is 206 g/mol. The summed E-state index contributed by atoms with van der Waals surface area (Å²) in [6, 6.07) is 0. The van der Waals surface area contributed by atoms with Gasteiger partial charge in [-0.05, 0) is 5.41 Å². The van der Waals surface area contributed by atoms with Crippen LogP contribution in [0.25, 0.3) is 0 Å². The van der Waals surface area contributed by atoms with E-state index < -0.39 is 0 Å². The Morgan fingerprint density at radius 3 is 0.643 bits per heavy atom. The Hall–Kier alpha value is 0. The molecule has 14 heavy (non-hydrogen) atoms. The lowest BCUT2D eigenvalue weighted by Crippen LogP contribution is -2.00. The molecule has 0 spiro atoms. The first-order valence-corrected chi connectivity index (χ1v) is 6.56. The van der Waals surface area contributed by atoms with Gasteiger partial charge in [-0.1, -0.05) is 89.5 Å². The van der Waals surface area contributed by atoms with Gasteiger partial charge in [-0.15, -0.1) is 0 Å². The molecular weight excluding hydrogens is 168 g/mol. The van der Waals surface area contributed by atoms with Crippen molar-refractivity contribution in [1.29, 1.82) is 0 Å². The van der Waals surface area contributed by atoms with Crippen molar-refractivity contribution in [3.8, 4) is 0 Å². The second kappa shape index (κ2) is 38.2. The fraction of sp³-hybridized carbons (Fsp3) is 1.00. The lowest BCUT2D eigenvalue weighted by atomic mass is 9.94. The first-order chi connectivity index (χ1) is 6.56. The molecular formula is C14H38. The van der Waals surface area contributed by atoms with Crippen LogP contribution in [0.2, 0.25) is 0 Å². The van der Waals surface area contributed by atoms with E-state index in [9.17, 15) is 0 Å². The molecule has 0 aromatic carbocycles. The molecule has 0 aliphatic rings. The van der Waals surface area contributed by atoms with Crippen LogP contribution >= 0.6 is 0 Å². The zero-order valence-electron chi connectivity index (χ0n) is 13.2. The highest BCUT2D eigenvalue weighted by Crippen LogP contribution is 2.16. The van der Waals surface area contributed by atoms with Crippen LogP contribution in [-0.4, -0.2) is 0 Å². The maximum Gasteiger partial charge on any atom is -0.0385 e. The Morgan fingerprint density at radius 1 is 0.571 bits per heavy atom. The van der Waals surface area contributed by atoms with Crippen molar-refractivity contribution in [1.82, 2.24) is 0 Å². The SMILES string of the molecule is CC.CC.CC.CC.CCC(C)(C)C. The van der Waals surface area contributed by atoms with Crippen molar-refractivity contribution in [2.45, 2.75) is 89.5 Å². The topological polar surface area (TPSA) is 0 Å². The van der Waals surface area contributed by atoms with Crippen molar-refractivity contribution in [2.24, 2.45) is 5.41 Å². The van der Waals surface area contributed by atoms with Crippen LogP contribution in [0.1, 0.15) is 89.5 Å². The van der Waals surface area contributed by atoms with Gasteiger partial charge in [-0.3, -0.25) is 0 Å². The highest BCUT2D eigenvalue weighted by atomic mass is 14.1. The zero-order valence-corrected chi connectivity index (χ0v) is 13.2. The third-order valence-corrected chi connectivity index (χ3v) is 1.06. The molecule has 0 aromatic rings. The number of hydrogen-bond acceptors (Lipinski definition) is 0. The number of hydrogen-bond donors (Lipinski definition) is 0. The second-order valence-electron chi connectivity index (χ2n) is 2.91. The summed E-state index contributed by atoms with van der Waals surface area (Å²) in [6.07, 6.45) is 1.27. The zero-order chi connectivity index (χ0) is 13.2. The van der Waals surface area contributed by atoms with Gasteiger partial charge in [0.25, 0.3) is 0 Å².